The Bertz CT molecular complexity index is 1050. The van der Waals surface area contributed by atoms with Crippen molar-refractivity contribution in [3.63, 3.8) is 0 Å². The van der Waals surface area contributed by atoms with Crippen LogP contribution in [0, 0.1) is 13.8 Å². The van der Waals surface area contributed by atoms with Gasteiger partial charge in [0.05, 0.1) is 0 Å². The Labute approximate surface area is 173 Å². The third-order valence-corrected chi connectivity index (χ3v) is 5.74. The van der Waals surface area contributed by atoms with Crippen LogP contribution in [-0.4, -0.2) is 37.2 Å². The number of carbonyl (C=O) groups is 2. The summed E-state index contributed by atoms with van der Waals surface area (Å²) in [5.74, 6) is 1.21. The number of anilines is 2. The second-order valence-electron chi connectivity index (χ2n) is 8.09. The zero-order valence-corrected chi connectivity index (χ0v) is 16.9. The first kappa shape index (κ1) is 18.5. The number of rotatable bonds is 6. The van der Waals surface area contributed by atoms with Crippen LogP contribution in [0.2, 0.25) is 0 Å². The van der Waals surface area contributed by atoms with E-state index in [0.717, 1.165) is 48.2 Å². The van der Waals surface area contributed by atoms with E-state index in [2.05, 4.69) is 36.0 Å². The molecule has 0 radical (unpaired) electrons. The zero-order valence-electron chi connectivity index (χ0n) is 16.9. The van der Waals surface area contributed by atoms with Gasteiger partial charge in [0.15, 0.2) is 11.6 Å². The van der Waals surface area contributed by atoms with Gasteiger partial charge in [-0.25, -0.2) is 4.98 Å². The summed E-state index contributed by atoms with van der Waals surface area (Å²) in [6.07, 6.45) is 4.58. The van der Waals surface area contributed by atoms with Gasteiger partial charge in [-0.15, -0.1) is 0 Å². The van der Waals surface area contributed by atoms with Crippen LogP contribution in [0.5, 0.6) is 0 Å². The second kappa shape index (κ2) is 7.08. The van der Waals surface area contributed by atoms with Crippen molar-refractivity contribution in [3.8, 4) is 0 Å². The Kier molecular flexibility index (Phi) is 4.38. The maximum absolute atomic E-state index is 12.7. The quantitative estimate of drug-likeness (QED) is 0.500. The normalized spacial score (nSPS) is 15.8. The van der Waals surface area contributed by atoms with Crippen LogP contribution in [-0.2, 0) is 0 Å². The van der Waals surface area contributed by atoms with Crippen LogP contribution < -0.4 is 10.6 Å². The number of amides is 2. The van der Waals surface area contributed by atoms with E-state index in [1.165, 1.54) is 0 Å². The van der Waals surface area contributed by atoms with Crippen LogP contribution in [0.1, 0.15) is 81.0 Å². The molecule has 0 aliphatic heterocycles. The number of hydrogen-bond acceptors (Lipinski definition) is 5. The number of pyridine rings is 1. The van der Waals surface area contributed by atoms with E-state index < -0.39 is 11.8 Å². The molecule has 9 nitrogen and oxygen atoms in total. The molecule has 2 aliphatic rings. The summed E-state index contributed by atoms with van der Waals surface area (Å²) in [5, 5.41) is 20.0. The Morgan fingerprint density at radius 3 is 1.67 bits per heavy atom. The number of nitrogens with zero attached hydrogens (tertiary/aromatic N) is 3. The smallest absolute Gasteiger partial charge is 0.275 e. The van der Waals surface area contributed by atoms with Gasteiger partial charge in [-0.1, -0.05) is 6.07 Å². The van der Waals surface area contributed by atoms with E-state index in [1.54, 1.807) is 18.2 Å². The highest BCUT2D eigenvalue weighted by atomic mass is 16.2. The number of H-pyrrole nitrogens is 2. The molecule has 3 aromatic heterocycles. The van der Waals surface area contributed by atoms with Gasteiger partial charge in [0.2, 0.25) is 0 Å². The van der Waals surface area contributed by atoms with Gasteiger partial charge in [-0.2, -0.15) is 10.2 Å². The molecule has 2 fully saturated rings. The van der Waals surface area contributed by atoms with Crippen LogP contribution in [0.15, 0.2) is 18.2 Å². The molecule has 2 amide bonds. The first-order chi connectivity index (χ1) is 14.5. The van der Waals surface area contributed by atoms with Crippen molar-refractivity contribution in [3.05, 3.63) is 52.1 Å². The fourth-order valence-electron chi connectivity index (χ4n) is 3.64. The fraction of sp³-hybridized carbons (Fsp3) is 0.381. The minimum absolute atomic E-state index is 0.149. The van der Waals surface area contributed by atoms with E-state index >= 15 is 0 Å². The predicted molar refractivity (Wildman–Crippen MR) is 111 cm³/mol. The van der Waals surface area contributed by atoms with Crippen LogP contribution in [0.4, 0.5) is 11.6 Å². The molecule has 0 spiro atoms. The maximum Gasteiger partial charge on any atom is 0.275 e. The summed E-state index contributed by atoms with van der Waals surface area (Å²) in [7, 11) is 0. The van der Waals surface area contributed by atoms with Crippen molar-refractivity contribution in [2.45, 2.75) is 51.4 Å². The van der Waals surface area contributed by atoms with Crippen LogP contribution in [0.25, 0.3) is 0 Å². The third-order valence-electron chi connectivity index (χ3n) is 5.74. The number of hydrogen-bond donors (Lipinski definition) is 4. The fourth-order valence-corrected chi connectivity index (χ4v) is 3.64. The highest BCUT2D eigenvalue weighted by molar-refractivity contribution is 6.06. The van der Waals surface area contributed by atoms with Gasteiger partial charge in [0.1, 0.15) is 11.4 Å². The number of aromatic amines is 2. The van der Waals surface area contributed by atoms with E-state index in [1.807, 2.05) is 13.8 Å². The predicted octanol–water partition coefficient (Wildman–Crippen LogP) is 3.40. The Morgan fingerprint density at radius 1 is 0.833 bits per heavy atom. The maximum atomic E-state index is 12.7. The summed E-state index contributed by atoms with van der Waals surface area (Å²) in [6, 6.07) is 4.78. The third kappa shape index (κ3) is 3.47. The summed E-state index contributed by atoms with van der Waals surface area (Å²) < 4.78 is 0. The van der Waals surface area contributed by atoms with Crippen molar-refractivity contribution in [2.75, 3.05) is 10.6 Å². The van der Waals surface area contributed by atoms with E-state index in [9.17, 15) is 9.59 Å². The van der Waals surface area contributed by atoms with Gasteiger partial charge >= 0.3 is 0 Å². The molecule has 0 aromatic carbocycles. The largest absolute Gasteiger partial charge is 0.304 e. The monoisotopic (exact) mass is 405 g/mol. The standard InChI is InChI=1S/C21H23N7O2/c1-10-16(12-6-7-12)25-27-18(10)23-20(29)14-4-3-5-15(22-14)21(30)24-19-11(2)17(26-28-19)13-8-9-13/h3-5,12-13H,6-9H2,1-2H3,(H2,23,25,27,29)(H2,24,26,28,30). The van der Waals surface area contributed by atoms with Crippen molar-refractivity contribution in [1.82, 2.24) is 25.4 Å². The molecule has 2 aliphatic carbocycles. The molecular weight excluding hydrogens is 382 g/mol. The van der Waals surface area contributed by atoms with Crippen LogP contribution in [0.3, 0.4) is 0 Å². The highest BCUT2D eigenvalue weighted by Crippen LogP contribution is 2.42. The van der Waals surface area contributed by atoms with Gasteiger partial charge < -0.3 is 10.6 Å². The summed E-state index contributed by atoms with van der Waals surface area (Å²) in [4.78, 5) is 29.5. The number of carbonyl (C=O) groups excluding carboxylic acids is 2. The first-order valence-corrected chi connectivity index (χ1v) is 10.2. The minimum Gasteiger partial charge on any atom is -0.304 e. The second-order valence-corrected chi connectivity index (χ2v) is 8.09. The van der Waals surface area contributed by atoms with Gasteiger partial charge in [0.25, 0.3) is 11.8 Å². The molecule has 154 valence electrons. The van der Waals surface area contributed by atoms with Gasteiger partial charge in [0, 0.05) is 34.4 Å². The molecule has 3 heterocycles. The Hall–Kier alpha value is -3.49. The molecule has 0 bridgehead atoms. The molecule has 4 N–H and O–H groups in total. The lowest BCUT2D eigenvalue weighted by atomic mass is 10.2. The average molecular weight is 405 g/mol. The molecule has 30 heavy (non-hydrogen) atoms. The summed E-state index contributed by atoms with van der Waals surface area (Å²) >= 11 is 0. The minimum atomic E-state index is -0.409. The average Bonchev–Trinajstić information content (AvgIpc) is 3.68. The van der Waals surface area contributed by atoms with Gasteiger partial charge in [-0.3, -0.25) is 19.8 Å². The molecule has 2 saturated carbocycles. The Morgan fingerprint density at radius 2 is 1.27 bits per heavy atom. The van der Waals surface area contributed by atoms with Crippen LogP contribution >= 0.6 is 0 Å². The molecule has 3 aromatic rings. The van der Waals surface area contributed by atoms with E-state index in [-0.39, 0.29) is 11.4 Å². The number of nitrogens with one attached hydrogen (secondary N) is 4. The topological polar surface area (TPSA) is 128 Å². The van der Waals surface area contributed by atoms with Crippen molar-refractivity contribution >= 4 is 23.5 Å². The van der Waals surface area contributed by atoms with Crippen molar-refractivity contribution < 1.29 is 9.59 Å². The lowest BCUT2D eigenvalue weighted by Gasteiger charge is -2.06. The molecule has 0 unspecified atom stereocenters. The summed E-state index contributed by atoms with van der Waals surface area (Å²) in [6.45, 7) is 3.87. The van der Waals surface area contributed by atoms with Crippen molar-refractivity contribution in [1.29, 1.82) is 0 Å². The van der Waals surface area contributed by atoms with E-state index in [0.29, 0.717) is 23.5 Å². The molecule has 0 atom stereocenters. The van der Waals surface area contributed by atoms with Crippen molar-refractivity contribution in [2.24, 2.45) is 0 Å². The lowest BCUT2D eigenvalue weighted by Crippen LogP contribution is -2.19. The first-order valence-electron chi connectivity index (χ1n) is 10.2. The molecule has 5 rings (SSSR count). The SMILES string of the molecule is Cc1c(NC(=O)c2cccc(C(=O)Nc3n[nH]c(C4CC4)c3C)n2)n[nH]c1C1CC1. The van der Waals surface area contributed by atoms with E-state index in [4.69, 9.17) is 0 Å². The Balaban J connectivity index is 1.29. The zero-order chi connectivity index (χ0) is 20.8. The highest BCUT2D eigenvalue weighted by Gasteiger charge is 2.29. The van der Waals surface area contributed by atoms with Gasteiger partial charge in [-0.05, 0) is 51.7 Å². The molecule has 9 heteroatoms. The molecular formula is C21H23N7O2. The number of aromatic nitrogens is 5. The lowest BCUT2D eigenvalue weighted by molar-refractivity contribution is 0.101. The summed E-state index contributed by atoms with van der Waals surface area (Å²) in [5.41, 5.74) is 4.34. The molecule has 0 saturated heterocycles.